The van der Waals surface area contributed by atoms with Gasteiger partial charge >= 0.3 is 0 Å². The Bertz CT molecular complexity index is 563. The lowest BCUT2D eigenvalue weighted by Crippen LogP contribution is -2.19. The average molecular weight is 282 g/mol. The Kier molecular flexibility index (Phi) is 4.24. The van der Waals surface area contributed by atoms with Crippen molar-refractivity contribution in [1.82, 2.24) is 19.6 Å². The van der Waals surface area contributed by atoms with Crippen LogP contribution in [0.4, 0.5) is 5.82 Å². The molecule has 1 atom stereocenters. The van der Waals surface area contributed by atoms with Gasteiger partial charge in [0.05, 0.1) is 0 Å². The molecule has 0 amide bonds. The first-order valence-electron chi connectivity index (χ1n) is 6.67. The van der Waals surface area contributed by atoms with Gasteiger partial charge < -0.3 is 5.32 Å². The van der Waals surface area contributed by atoms with Gasteiger partial charge in [0.2, 0.25) is 0 Å². The molecule has 1 unspecified atom stereocenters. The fraction of sp³-hybridized carbons (Fsp3) is 0.615. The molecule has 1 N–H and O–H groups in total. The summed E-state index contributed by atoms with van der Waals surface area (Å²) in [7, 11) is 0. The third-order valence-corrected chi connectivity index (χ3v) is 3.40. The third-order valence-electron chi connectivity index (χ3n) is 3.08. The van der Waals surface area contributed by atoms with E-state index < -0.39 is 0 Å². The van der Waals surface area contributed by atoms with Crippen molar-refractivity contribution in [2.24, 2.45) is 5.92 Å². The lowest BCUT2D eigenvalue weighted by molar-refractivity contribution is 0.639. The first-order valence-corrected chi connectivity index (χ1v) is 7.05. The Hall–Kier alpha value is -1.36. The van der Waals surface area contributed by atoms with E-state index in [9.17, 15) is 0 Å². The number of nitrogens with zero attached hydrogens (tertiary/aromatic N) is 4. The standard InChI is InChI=1S/C13H20ClN5/c1-5-9(4)17-12-10(6-8(2)3)11(14)18-13-15-7-16-19(12)13/h7-9,17H,5-6H2,1-4H3. The highest BCUT2D eigenvalue weighted by atomic mass is 35.5. The summed E-state index contributed by atoms with van der Waals surface area (Å²) in [5.41, 5.74) is 1.01. The molecule has 0 saturated carbocycles. The van der Waals surface area contributed by atoms with Crippen molar-refractivity contribution in [2.75, 3.05) is 5.32 Å². The smallest absolute Gasteiger partial charge is 0.255 e. The van der Waals surface area contributed by atoms with Crippen LogP contribution in [0.25, 0.3) is 5.78 Å². The molecule has 0 aliphatic rings. The third kappa shape index (κ3) is 2.97. The Morgan fingerprint density at radius 2 is 2.11 bits per heavy atom. The summed E-state index contributed by atoms with van der Waals surface area (Å²) in [5.74, 6) is 1.94. The van der Waals surface area contributed by atoms with E-state index in [1.54, 1.807) is 4.52 Å². The largest absolute Gasteiger partial charge is 0.367 e. The summed E-state index contributed by atoms with van der Waals surface area (Å²) in [6, 6.07) is 0.344. The Morgan fingerprint density at radius 3 is 2.74 bits per heavy atom. The van der Waals surface area contributed by atoms with Gasteiger partial charge in [0.25, 0.3) is 5.78 Å². The van der Waals surface area contributed by atoms with Gasteiger partial charge in [0.1, 0.15) is 17.3 Å². The first kappa shape index (κ1) is 14.1. The highest BCUT2D eigenvalue weighted by Gasteiger charge is 2.17. The average Bonchev–Trinajstić information content (AvgIpc) is 2.80. The van der Waals surface area contributed by atoms with Crippen LogP contribution in [-0.4, -0.2) is 25.6 Å². The van der Waals surface area contributed by atoms with Crippen LogP contribution in [0.2, 0.25) is 5.15 Å². The second-order valence-electron chi connectivity index (χ2n) is 5.25. The van der Waals surface area contributed by atoms with Crippen LogP contribution in [-0.2, 0) is 6.42 Å². The summed E-state index contributed by atoms with van der Waals surface area (Å²) >= 11 is 6.30. The lowest BCUT2D eigenvalue weighted by atomic mass is 10.0. The highest BCUT2D eigenvalue weighted by Crippen LogP contribution is 2.26. The predicted molar refractivity (Wildman–Crippen MR) is 77.7 cm³/mol. The van der Waals surface area contributed by atoms with E-state index in [0.29, 0.717) is 22.9 Å². The minimum absolute atomic E-state index is 0.344. The van der Waals surface area contributed by atoms with E-state index in [0.717, 1.165) is 24.2 Å². The normalized spacial score (nSPS) is 13.2. The molecule has 0 aromatic carbocycles. The second kappa shape index (κ2) is 5.74. The fourth-order valence-electron chi connectivity index (χ4n) is 1.92. The van der Waals surface area contributed by atoms with E-state index in [1.165, 1.54) is 6.33 Å². The van der Waals surface area contributed by atoms with Crippen molar-refractivity contribution in [3.8, 4) is 0 Å². The Balaban J connectivity index is 2.55. The summed E-state index contributed by atoms with van der Waals surface area (Å²) in [6.07, 6.45) is 3.39. The van der Waals surface area contributed by atoms with E-state index in [-0.39, 0.29) is 0 Å². The summed E-state index contributed by atoms with van der Waals surface area (Å²) in [5, 5.41) is 8.22. The zero-order valence-electron chi connectivity index (χ0n) is 11.8. The van der Waals surface area contributed by atoms with E-state index in [1.807, 2.05) is 0 Å². The van der Waals surface area contributed by atoms with Crippen molar-refractivity contribution in [1.29, 1.82) is 0 Å². The van der Waals surface area contributed by atoms with Gasteiger partial charge in [-0.2, -0.15) is 19.6 Å². The molecule has 0 radical (unpaired) electrons. The van der Waals surface area contributed by atoms with Gasteiger partial charge in [-0.25, -0.2) is 0 Å². The number of rotatable bonds is 5. The number of hydrogen-bond donors (Lipinski definition) is 1. The van der Waals surface area contributed by atoms with Gasteiger partial charge in [0.15, 0.2) is 0 Å². The van der Waals surface area contributed by atoms with Crippen molar-refractivity contribution >= 4 is 23.2 Å². The van der Waals surface area contributed by atoms with Crippen molar-refractivity contribution < 1.29 is 0 Å². The molecule has 0 bridgehead atoms. The molecule has 19 heavy (non-hydrogen) atoms. The lowest BCUT2D eigenvalue weighted by Gasteiger charge is -2.19. The molecule has 2 aromatic rings. The molecule has 2 aromatic heterocycles. The molecule has 5 nitrogen and oxygen atoms in total. The van der Waals surface area contributed by atoms with E-state index >= 15 is 0 Å². The molecule has 6 heteroatoms. The van der Waals surface area contributed by atoms with Crippen LogP contribution in [0.15, 0.2) is 6.33 Å². The molecule has 2 rings (SSSR count). The van der Waals surface area contributed by atoms with E-state index in [2.05, 4.69) is 48.1 Å². The fourth-order valence-corrected chi connectivity index (χ4v) is 2.17. The number of nitrogens with one attached hydrogen (secondary N) is 1. The summed E-state index contributed by atoms with van der Waals surface area (Å²) < 4.78 is 1.73. The van der Waals surface area contributed by atoms with Gasteiger partial charge in [0, 0.05) is 11.6 Å². The summed E-state index contributed by atoms with van der Waals surface area (Å²) in [6.45, 7) is 8.60. The van der Waals surface area contributed by atoms with Gasteiger partial charge in [-0.3, -0.25) is 0 Å². The molecule has 0 fully saturated rings. The first-order chi connectivity index (χ1) is 9.02. The van der Waals surface area contributed by atoms with Crippen LogP contribution < -0.4 is 5.32 Å². The molecule has 0 spiro atoms. The molecular formula is C13H20ClN5. The van der Waals surface area contributed by atoms with Crippen LogP contribution in [0.3, 0.4) is 0 Å². The summed E-state index contributed by atoms with van der Waals surface area (Å²) in [4.78, 5) is 8.41. The number of halogens is 1. The van der Waals surface area contributed by atoms with Gasteiger partial charge in [-0.1, -0.05) is 32.4 Å². The van der Waals surface area contributed by atoms with Crippen LogP contribution in [0.1, 0.15) is 39.7 Å². The quantitative estimate of drug-likeness (QED) is 0.855. The predicted octanol–water partition coefficient (Wildman–Crippen LogP) is 3.19. The molecule has 0 aliphatic heterocycles. The van der Waals surface area contributed by atoms with Gasteiger partial charge in [-0.05, 0) is 25.7 Å². The molecule has 104 valence electrons. The molecule has 2 heterocycles. The Labute approximate surface area is 118 Å². The van der Waals surface area contributed by atoms with Crippen molar-refractivity contribution in [3.63, 3.8) is 0 Å². The zero-order valence-corrected chi connectivity index (χ0v) is 12.6. The molecule has 0 saturated heterocycles. The maximum absolute atomic E-state index is 6.30. The minimum atomic E-state index is 0.344. The zero-order chi connectivity index (χ0) is 14.0. The number of aromatic nitrogens is 4. The van der Waals surface area contributed by atoms with Crippen LogP contribution in [0, 0.1) is 5.92 Å². The maximum Gasteiger partial charge on any atom is 0.255 e. The van der Waals surface area contributed by atoms with Crippen LogP contribution >= 0.6 is 11.6 Å². The Morgan fingerprint density at radius 1 is 1.37 bits per heavy atom. The highest BCUT2D eigenvalue weighted by molar-refractivity contribution is 6.30. The molecular weight excluding hydrogens is 262 g/mol. The molecule has 0 aliphatic carbocycles. The number of fused-ring (bicyclic) bond motifs is 1. The van der Waals surface area contributed by atoms with Crippen molar-refractivity contribution in [3.05, 3.63) is 17.0 Å². The van der Waals surface area contributed by atoms with Crippen LogP contribution in [0.5, 0.6) is 0 Å². The number of anilines is 1. The topological polar surface area (TPSA) is 55.1 Å². The SMILES string of the molecule is CCC(C)Nc1c(CC(C)C)c(Cl)nc2ncnn12. The van der Waals surface area contributed by atoms with Crippen molar-refractivity contribution in [2.45, 2.75) is 46.6 Å². The number of hydrogen-bond acceptors (Lipinski definition) is 4. The van der Waals surface area contributed by atoms with E-state index in [4.69, 9.17) is 11.6 Å². The second-order valence-corrected chi connectivity index (χ2v) is 5.61. The minimum Gasteiger partial charge on any atom is -0.367 e. The maximum atomic E-state index is 6.30. The van der Waals surface area contributed by atoms with Gasteiger partial charge in [-0.15, -0.1) is 0 Å². The monoisotopic (exact) mass is 281 g/mol.